The van der Waals surface area contributed by atoms with Crippen LogP contribution in [0, 0.1) is 0 Å². The van der Waals surface area contributed by atoms with Crippen LogP contribution in [-0.2, 0) is 19.6 Å². The molecule has 0 saturated heterocycles. The fourth-order valence-corrected chi connectivity index (χ4v) is 4.03. The minimum atomic E-state index is -4.00. The first kappa shape index (κ1) is 23.6. The lowest BCUT2D eigenvalue weighted by Gasteiger charge is -2.23. The molecule has 2 rings (SSSR count). The van der Waals surface area contributed by atoms with Crippen LogP contribution in [0.1, 0.15) is 17.3 Å². The molecule has 0 aliphatic heterocycles. The molecule has 0 aromatic heterocycles. The molecule has 0 aliphatic rings. The number of urea groups is 1. The van der Waals surface area contributed by atoms with Crippen LogP contribution in [0.25, 0.3) is 0 Å². The predicted molar refractivity (Wildman–Crippen MR) is 115 cm³/mol. The summed E-state index contributed by atoms with van der Waals surface area (Å²) in [6.45, 7) is 4.94. The lowest BCUT2D eigenvalue weighted by atomic mass is 10.2. The van der Waals surface area contributed by atoms with Gasteiger partial charge in [-0.3, -0.25) is 14.4 Å². The quantitative estimate of drug-likeness (QED) is 0.450. The highest BCUT2D eigenvalue weighted by Crippen LogP contribution is 2.24. The Morgan fingerprint density at radius 3 is 2.45 bits per heavy atom. The molecule has 0 unspecified atom stereocenters. The third kappa shape index (κ3) is 6.41. The van der Waals surface area contributed by atoms with Gasteiger partial charge < -0.3 is 10.1 Å². The molecular weight excluding hydrogens is 422 g/mol. The average Bonchev–Trinajstić information content (AvgIpc) is 2.76. The minimum Gasteiger partial charge on any atom is -0.452 e. The van der Waals surface area contributed by atoms with Crippen LogP contribution in [0.2, 0.25) is 0 Å². The Morgan fingerprint density at radius 2 is 1.81 bits per heavy atom. The molecule has 0 aliphatic carbocycles. The number of esters is 1. The molecule has 10 heteroatoms. The highest BCUT2D eigenvalue weighted by molar-refractivity contribution is 7.92. The van der Waals surface area contributed by atoms with Crippen LogP contribution >= 0.6 is 0 Å². The largest absolute Gasteiger partial charge is 0.452 e. The lowest BCUT2D eigenvalue weighted by molar-refractivity contribution is -0.123. The highest BCUT2D eigenvalue weighted by atomic mass is 32.2. The molecule has 3 amide bonds. The number of benzene rings is 2. The Labute approximate surface area is 180 Å². The van der Waals surface area contributed by atoms with Crippen LogP contribution in [-0.4, -0.2) is 46.0 Å². The minimum absolute atomic E-state index is 0.0288. The van der Waals surface area contributed by atoms with Gasteiger partial charge in [0.25, 0.3) is 15.9 Å². The topological polar surface area (TPSA) is 122 Å². The van der Waals surface area contributed by atoms with Crippen LogP contribution in [0.3, 0.4) is 0 Å². The van der Waals surface area contributed by atoms with Crippen molar-refractivity contribution in [1.29, 1.82) is 0 Å². The molecule has 0 heterocycles. The standard InChI is InChI=1S/C21H23N3O6S/c1-3-13-24(17-10-6-5-7-11-17)31(28,29)18-12-8-9-16(14-18)20(26)30-15-19(25)23-21(27)22-4-2/h3,5-12,14H,1,4,13,15H2,2H3,(H2,22,23,25,27). The van der Waals surface area contributed by atoms with E-state index in [9.17, 15) is 22.8 Å². The fraction of sp³-hybridized carbons (Fsp3) is 0.190. The van der Waals surface area contributed by atoms with Crippen LogP contribution < -0.4 is 14.9 Å². The van der Waals surface area contributed by atoms with E-state index >= 15 is 0 Å². The summed E-state index contributed by atoms with van der Waals surface area (Å²) in [5.74, 6) is -1.72. The number of hydrogen-bond acceptors (Lipinski definition) is 6. The second kappa shape index (κ2) is 10.9. The number of sulfonamides is 1. The third-order valence-electron chi connectivity index (χ3n) is 3.92. The normalized spacial score (nSPS) is 10.6. The number of ether oxygens (including phenoxy) is 1. The van der Waals surface area contributed by atoms with Crippen molar-refractivity contribution in [2.75, 3.05) is 24.0 Å². The Balaban J connectivity index is 2.17. The van der Waals surface area contributed by atoms with Crippen LogP contribution in [0.4, 0.5) is 10.5 Å². The van der Waals surface area contributed by atoms with Gasteiger partial charge in [0.2, 0.25) is 0 Å². The Kier molecular flexibility index (Phi) is 8.33. The molecule has 0 saturated carbocycles. The van der Waals surface area contributed by atoms with Gasteiger partial charge in [-0.2, -0.15) is 0 Å². The number of carbonyl (C=O) groups excluding carboxylic acids is 3. The van der Waals surface area contributed by atoms with E-state index in [4.69, 9.17) is 4.74 Å². The monoisotopic (exact) mass is 445 g/mol. The van der Waals surface area contributed by atoms with Gasteiger partial charge in [0, 0.05) is 6.54 Å². The highest BCUT2D eigenvalue weighted by Gasteiger charge is 2.25. The zero-order chi connectivity index (χ0) is 22.9. The summed E-state index contributed by atoms with van der Waals surface area (Å²) < 4.78 is 32.4. The first-order valence-corrected chi connectivity index (χ1v) is 10.8. The smallest absolute Gasteiger partial charge is 0.338 e. The van der Waals surface area contributed by atoms with Crippen molar-refractivity contribution in [3.05, 3.63) is 72.8 Å². The maximum Gasteiger partial charge on any atom is 0.338 e. The van der Waals surface area contributed by atoms with Crippen LogP contribution in [0.5, 0.6) is 0 Å². The van der Waals surface area contributed by atoms with E-state index in [1.807, 2.05) is 5.32 Å². The number of hydrogen-bond donors (Lipinski definition) is 2. The molecular formula is C21H23N3O6S. The van der Waals surface area contributed by atoms with E-state index < -0.39 is 34.5 Å². The number of carbonyl (C=O) groups is 3. The third-order valence-corrected chi connectivity index (χ3v) is 5.71. The molecule has 0 fully saturated rings. The molecule has 164 valence electrons. The summed E-state index contributed by atoms with van der Waals surface area (Å²) in [6.07, 6.45) is 1.45. The Bertz CT molecular complexity index is 1050. The summed E-state index contributed by atoms with van der Waals surface area (Å²) in [4.78, 5) is 35.1. The van der Waals surface area contributed by atoms with Gasteiger partial charge in [-0.1, -0.05) is 30.3 Å². The molecule has 31 heavy (non-hydrogen) atoms. The zero-order valence-electron chi connectivity index (χ0n) is 16.9. The number of amides is 3. The second-order valence-corrected chi connectivity index (χ2v) is 8.03. The Hall–Kier alpha value is -3.66. The van der Waals surface area contributed by atoms with Crippen molar-refractivity contribution in [2.45, 2.75) is 11.8 Å². The van der Waals surface area contributed by atoms with Crippen molar-refractivity contribution in [1.82, 2.24) is 10.6 Å². The maximum atomic E-state index is 13.2. The van der Waals surface area contributed by atoms with Crippen molar-refractivity contribution < 1.29 is 27.5 Å². The van der Waals surface area contributed by atoms with Crippen molar-refractivity contribution in [2.24, 2.45) is 0 Å². The molecule has 0 atom stereocenters. The van der Waals surface area contributed by atoms with Gasteiger partial charge in [0.1, 0.15) is 0 Å². The molecule has 0 bridgehead atoms. The van der Waals surface area contributed by atoms with E-state index in [0.717, 1.165) is 4.31 Å². The van der Waals surface area contributed by atoms with E-state index in [-0.39, 0.29) is 17.0 Å². The second-order valence-electron chi connectivity index (χ2n) is 6.17. The molecule has 2 N–H and O–H groups in total. The van der Waals surface area contributed by atoms with Gasteiger partial charge in [-0.25, -0.2) is 18.0 Å². The number of imide groups is 1. The summed E-state index contributed by atoms with van der Waals surface area (Å²) >= 11 is 0. The van der Waals surface area contributed by atoms with Crippen molar-refractivity contribution in [3.63, 3.8) is 0 Å². The van der Waals surface area contributed by atoms with Crippen molar-refractivity contribution in [3.8, 4) is 0 Å². The lowest BCUT2D eigenvalue weighted by Crippen LogP contribution is -2.41. The number of rotatable bonds is 9. The number of anilines is 1. The van der Waals surface area contributed by atoms with Gasteiger partial charge in [-0.05, 0) is 37.3 Å². The van der Waals surface area contributed by atoms with Crippen molar-refractivity contribution >= 4 is 33.6 Å². The van der Waals surface area contributed by atoms with E-state index in [1.165, 1.54) is 30.3 Å². The van der Waals surface area contributed by atoms with E-state index in [2.05, 4.69) is 11.9 Å². The zero-order valence-corrected chi connectivity index (χ0v) is 17.7. The number of nitrogens with zero attached hydrogens (tertiary/aromatic N) is 1. The van der Waals surface area contributed by atoms with Gasteiger partial charge in [0.05, 0.1) is 22.7 Å². The summed E-state index contributed by atoms with van der Waals surface area (Å²) in [7, 11) is -4.00. The SMILES string of the molecule is C=CCN(c1ccccc1)S(=O)(=O)c1cccc(C(=O)OCC(=O)NC(=O)NCC)c1. The Morgan fingerprint density at radius 1 is 1.10 bits per heavy atom. The molecule has 2 aromatic rings. The first-order chi connectivity index (χ1) is 14.8. The molecule has 2 aromatic carbocycles. The first-order valence-electron chi connectivity index (χ1n) is 9.33. The summed E-state index contributed by atoms with van der Waals surface area (Å²) in [6, 6.07) is 13.0. The fourth-order valence-electron chi connectivity index (χ4n) is 2.55. The van der Waals surface area contributed by atoms with Crippen LogP contribution in [0.15, 0.2) is 72.1 Å². The summed E-state index contributed by atoms with van der Waals surface area (Å²) in [5.41, 5.74) is 0.385. The van der Waals surface area contributed by atoms with E-state index in [1.54, 1.807) is 37.3 Å². The summed E-state index contributed by atoms with van der Waals surface area (Å²) in [5, 5.41) is 4.36. The van der Waals surface area contributed by atoms with Gasteiger partial charge >= 0.3 is 12.0 Å². The molecule has 0 radical (unpaired) electrons. The number of para-hydroxylation sites is 1. The predicted octanol–water partition coefficient (Wildman–Crippen LogP) is 2.07. The molecule has 0 spiro atoms. The maximum absolute atomic E-state index is 13.2. The van der Waals surface area contributed by atoms with Gasteiger partial charge in [0.15, 0.2) is 6.61 Å². The average molecular weight is 445 g/mol. The van der Waals surface area contributed by atoms with Gasteiger partial charge in [-0.15, -0.1) is 6.58 Å². The van der Waals surface area contributed by atoms with E-state index in [0.29, 0.717) is 12.2 Å². The molecule has 9 nitrogen and oxygen atoms in total. The number of nitrogens with one attached hydrogen (secondary N) is 2.